The summed E-state index contributed by atoms with van der Waals surface area (Å²) >= 11 is 0. The fraction of sp³-hybridized carbons (Fsp3) is 0.0714. The Morgan fingerprint density at radius 2 is 0.943 bits per heavy atom. The van der Waals surface area contributed by atoms with Crippen LogP contribution < -0.4 is 18.9 Å². The number of pyridine rings is 2. The molecule has 0 amide bonds. The Morgan fingerprint density at radius 3 is 1.40 bits per heavy atom. The third kappa shape index (κ3) is 8.14. The number of nitrogens with zero attached hydrogens (tertiary/aromatic N) is 2. The van der Waals surface area contributed by atoms with Gasteiger partial charge in [-0.1, -0.05) is 12.1 Å². The van der Waals surface area contributed by atoms with Crippen LogP contribution in [0.1, 0.15) is 0 Å². The van der Waals surface area contributed by atoms with Crippen molar-refractivity contribution in [3.63, 3.8) is 0 Å². The lowest BCUT2D eigenvalue weighted by Crippen LogP contribution is -1.93. The topological polar surface area (TPSA) is 71.9 Å². The highest BCUT2D eigenvalue weighted by Gasteiger charge is 2.00. The van der Waals surface area contributed by atoms with Crippen LogP contribution in [-0.4, -0.2) is 23.2 Å². The minimum Gasteiger partial charge on any atom is -0.457 e. The molecule has 2 aromatic heterocycles. The number of rotatable bonds is 8. The van der Waals surface area contributed by atoms with Crippen molar-refractivity contribution in [1.29, 1.82) is 0 Å². The minimum atomic E-state index is 0.164. The van der Waals surface area contributed by atoms with Gasteiger partial charge in [-0.2, -0.15) is 0 Å². The first-order valence-corrected chi connectivity index (χ1v) is 10.6. The first kappa shape index (κ1) is 23.2. The maximum absolute atomic E-state index is 5.74. The Balaban J connectivity index is 1.16. The normalized spacial score (nSPS) is 9.60. The first-order valence-electron chi connectivity index (χ1n) is 10.6. The monoisotopic (exact) mass is 464 g/mol. The molecule has 0 fully saturated rings. The van der Waals surface area contributed by atoms with E-state index in [1.807, 2.05) is 24.3 Å². The predicted molar refractivity (Wildman–Crippen MR) is 129 cm³/mol. The SMILES string of the molecule is C(#COc1cccc(Oc2ccncc2)c1)COCC#COc1cccc(Oc2ccncc2)c1. The first-order chi connectivity index (χ1) is 17.3. The van der Waals surface area contributed by atoms with E-state index in [0.29, 0.717) is 34.5 Å². The van der Waals surface area contributed by atoms with Gasteiger partial charge in [0.15, 0.2) is 0 Å². The quantitative estimate of drug-likeness (QED) is 0.253. The standard InChI is InChI=1S/C28H20N2O5/c1-5-25(21-27(7-1)34-23-9-13-29-14-10-23)32-19-3-17-31-18-4-20-33-26-6-2-8-28(22-26)35-24-11-15-30-16-12-24/h1-2,5-16,21-22H,17-18H2. The van der Waals surface area contributed by atoms with Crippen LogP contribution in [0.2, 0.25) is 0 Å². The molecule has 0 aliphatic carbocycles. The van der Waals surface area contributed by atoms with Crippen LogP contribution >= 0.6 is 0 Å². The molecule has 0 aliphatic rings. The Bertz CT molecular complexity index is 1230. The maximum Gasteiger partial charge on any atom is 0.143 e. The summed E-state index contributed by atoms with van der Waals surface area (Å²) in [5.41, 5.74) is 0. The summed E-state index contributed by atoms with van der Waals surface area (Å²) in [6, 6.07) is 21.4. The second kappa shape index (κ2) is 12.9. The zero-order valence-corrected chi connectivity index (χ0v) is 18.6. The molecule has 0 unspecified atom stereocenters. The number of hydrogen-bond donors (Lipinski definition) is 0. The summed E-state index contributed by atoms with van der Waals surface area (Å²) in [6.07, 6.45) is 11.8. The van der Waals surface area contributed by atoms with Crippen molar-refractivity contribution in [2.24, 2.45) is 0 Å². The average molecular weight is 464 g/mol. The zero-order chi connectivity index (χ0) is 24.0. The van der Waals surface area contributed by atoms with Crippen molar-refractivity contribution in [2.45, 2.75) is 0 Å². The summed E-state index contributed by atoms with van der Waals surface area (Å²) in [5.74, 6) is 9.31. The number of ether oxygens (including phenoxy) is 5. The average Bonchev–Trinajstić information content (AvgIpc) is 2.89. The molecule has 0 N–H and O–H groups in total. The van der Waals surface area contributed by atoms with Crippen LogP contribution in [-0.2, 0) is 4.74 Å². The van der Waals surface area contributed by atoms with Gasteiger partial charge in [-0.3, -0.25) is 9.97 Å². The lowest BCUT2D eigenvalue weighted by atomic mass is 10.3. The molecule has 2 aromatic carbocycles. The van der Waals surface area contributed by atoms with Gasteiger partial charge in [0.05, 0.1) is 0 Å². The third-order valence-corrected chi connectivity index (χ3v) is 4.21. The van der Waals surface area contributed by atoms with Crippen LogP contribution in [0.5, 0.6) is 34.5 Å². The summed E-state index contributed by atoms with van der Waals surface area (Å²) < 4.78 is 27.6. The highest BCUT2D eigenvalue weighted by Crippen LogP contribution is 2.25. The Labute approximate surface area is 203 Å². The van der Waals surface area contributed by atoms with Gasteiger partial charge in [0, 0.05) is 36.9 Å². The van der Waals surface area contributed by atoms with E-state index in [-0.39, 0.29) is 13.2 Å². The molecule has 4 rings (SSSR count). The van der Waals surface area contributed by atoms with E-state index in [4.69, 9.17) is 23.7 Å². The van der Waals surface area contributed by atoms with Crippen molar-refractivity contribution in [3.8, 4) is 58.6 Å². The molecule has 0 saturated heterocycles. The molecular formula is C28H20N2O5. The zero-order valence-electron chi connectivity index (χ0n) is 18.6. The molecule has 0 saturated carbocycles. The third-order valence-electron chi connectivity index (χ3n) is 4.21. The van der Waals surface area contributed by atoms with Gasteiger partial charge in [-0.05, 0) is 60.4 Å². The smallest absolute Gasteiger partial charge is 0.143 e. The van der Waals surface area contributed by atoms with E-state index in [1.165, 1.54) is 0 Å². The number of hydrogen-bond acceptors (Lipinski definition) is 7. The highest BCUT2D eigenvalue weighted by atomic mass is 16.5. The summed E-state index contributed by atoms with van der Waals surface area (Å²) in [5, 5.41) is 0. The fourth-order valence-electron chi connectivity index (χ4n) is 2.69. The van der Waals surface area contributed by atoms with E-state index in [9.17, 15) is 0 Å². The summed E-state index contributed by atoms with van der Waals surface area (Å²) in [4.78, 5) is 7.92. The molecule has 7 heteroatoms. The minimum absolute atomic E-state index is 0.164. The second-order valence-corrected chi connectivity index (χ2v) is 6.77. The molecule has 4 aromatic rings. The van der Waals surface area contributed by atoms with E-state index >= 15 is 0 Å². The summed E-state index contributed by atoms with van der Waals surface area (Å²) in [6.45, 7) is 0.328. The molecule has 0 spiro atoms. The van der Waals surface area contributed by atoms with E-state index in [0.717, 1.165) is 0 Å². The summed E-state index contributed by atoms with van der Waals surface area (Å²) in [7, 11) is 0. The van der Waals surface area contributed by atoms with Crippen LogP contribution in [0.15, 0.2) is 97.6 Å². The van der Waals surface area contributed by atoms with E-state index in [2.05, 4.69) is 34.0 Å². The van der Waals surface area contributed by atoms with E-state index in [1.54, 1.807) is 73.3 Å². The molecule has 0 atom stereocenters. The molecule has 0 bridgehead atoms. The van der Waals surface area contributed by atoms with Crippen molar-refractivity contribution in [3.05, 3.63) is 97.6 Å². The number of benzene rings is 2. The largest absolute Gasteiger partial charge is 0.457 e. The molecule has 0 aliphatic heterocycles. The number of aromatic nitrogens is 2. The lowest BCUT2D eigenvalue weighted by molar-refractivity contribution is 0.203. The van der Waals surface area contributed by atoms with Crippen molar-refractivity contribution >= 4 is 0 Å². The highest BCUT2D eigenvalue weighted by molar-refractivity contribution is 5.38. The van der Waals surface area contributed by atoms with Gasteiger partial charge in [0.25, 0.3) is 0 Å². The predicted octanol–water partition coefficient (Wildman–Crippen LogP) is 5.46. The van der Waals surface area contributed by atoms with Gasteiger partial charge in [0.2, 0.25) is 0 Å². The molecular weight excluding hydrogens is 444 g/mol. The molecule has 2 heterocycles. The van der Waals surface area contributed by atoms with Crippen molar-refractivity contribution < 1.29 is 23.7 Å². The van der Waals surface area contributed by atoms with Gasteiger partial charge < -0.3 is 23.7 Å². The second-order valence-electron chi connectivity index (χ2n) is 6.77. The van der Waals surface area contributed by atoms with E-state index < -0.39 is 0 Å². The lowest BCUT2D eigenvalue weighted by Gasteiger charge is -2.05. The van der Waals surface area contributed by atoms with Crippen LogP contribution in [0, 0.1) is 24.1 Å². The van der Waals surface area contributed by atoms with Crippen LogP contribution in [0.25, 0.3) is 0 Å². The van der Waals surface area contributed by atoms with Gasteiger partial charge in [-0.25, -0.2) is 0 Å². The van der Waals surface area contributed by atoms with Crippen molar-refractivity contribution in [2.75, 3.05) is 13.2 Å². The van der Waals surface area contributed by atoms with Gasteiger partial charge in [-0.15, -0.1) is 0 Å². The Hall–Kier alpha value is -4.98. The molecule has 0 radical (unpaired) electrons. The van der Waals surface area contributed by atoms with Crippen LogP contribution in [0.4, 0.5) is 0 Å². The van der Waals surface area contributed by atoms with Crippen molar-refractivity contribution in [1.82, 2.24) is 9.97 Å². The molecule has 7 nitrogen and oxygen atoms in total. The van der Waals surface area contributed by atoms with Crippen LogP contribution in [0.3, 0.4) is 0 Å². The van der Waals surface area contributed by atoms with Gasteiger partial charge in [0.1, 0.15) is 59.9 Å². The molecule has 172 valence electrons. The Morgan fingerprint density at radius 1 is 0.514 bits per heavy atom. The molecule has 35 heavy (non-hydrogen) atoms. The van der Waals surface area contributed by atoms with Gasteiger partial charge >= 0.3 is 0 Å². The maximum atomic E-state index is 5.74. The Kier molecular flexibility index (Phi) is 8.55. The fourth-order valence-corrected chi connectivity index (χ4v) is 2.69.